The molecule has 1 aliphatic heterocycles. The standard InChI is InChI=1S/C12H22N2O3S/c1-2-3-10(8-11(15)16)14-12(17)13-9-4-6-18-7-5-9/h9-10H,2-8H2,1H3,(H,15,16)(H2,13,14,17). The summed E-state index contributed by atoms with van der Waals surface area (Å²) in [4.78, 5) is 22.4. The first-order chi connectivity index (χ1) is 8.61. The summed E-state index contributed by atoms with van der Waals surface area (Å²) < 4.78 is 0. The molecule has 6 heteroatoms. The van der Waals surface area contributed by atoms with E-state index in [1.807, 2.05) is 18.7 Å². The summed E-state index contributed by atoms with van der Waals surface area (Å²) in [7, 11) is 0. The van der Waals surface area contributed by atoms with Crippen LogP contribution in [0, 0.1) is 0 Å². The maximum Gasteiger partial charge on any atom is 0.315 e. The van der Waals surface area contributed by atoms with Crippen molar-refractivity contribution in [2.45, 2.75) is 51.1 Å². The summed E-state index contributed by atoms with van der Waals surface area (Å²) in [6.07, 6.45) is 3.53. The van der Waals surface area contributed by atoms with E-state index < -0.39 is 5.97 Å². The van der Waals surface area contributed by atoms with Crippen molar-refractivity contribution < 1.29 is 14.7 Å². The van der Waals surface area contributed by atoms with E-state index in [2.05, 4.69) is 10.6 Å². The second kappa shape index (κ2) is 8.24. The van der Waals surface area contributed by atoms with Crippen LogP contribution in [0.1, 0.15) is 39.0 Å². The van der Waals surface area contributed by atoms with Gasteiger partial charge >= 0.3 is 12.0 Å². The van der Waals surface area contributed by atoms with Crippen LogP contribution in [0.3, 0.4) is 0 Å². The molecule has 0 aromatic carbocycles. The minimum Gasteiger partial charge on any atom is -0.481 e. The molecule has 2 amide bonds. The molecule has 0 radical (unpaired) electrons. The second-order valence-electron chi connectivity index (χ2n) is 4.59. The lowest BCUT2D eigenvalue weighted by Crippen LogP contribution is -2.47. The van der Waals surface area contributed by atoms with E-state index in [4.69, 9.17) is 5.11 Å². The number of rotatable bonds is 6. The molecule has 0 bridgehead atoms. The minimum atomic E-state index is -0.872. The molecule has 5 nitrogen and oxygen atoms in total. The van der Waals surface area contributed by atoms with Gasteiger partial charge in [0.1, 0.15) is 0 Å². The number of carbonyl (C=O) groups excluding carboxylic acids is 1. The van der Waals surface area contributed by atoms with Gasteiger partial charge in [0.2, 0.25) is 0 Å². The van der Waals surface area contributed by atoms with Crippen molar-refractivity contribution in [1.82, 2.24) is 10.6 Å². The maximum atomic E-state index is 11.8. The molecule has 18 heavy (non-hydrogen) atoms. The molecular weight excluding hydrogens is 252 g/mol. The molecule has 0 aliphatic carbocycles. The maximum absolute atomic E-state index is 11.8. The van der Waals surface area contributed by atoms with Crippen molar-refractivity contribution in [2.75, 3.05) is 11.5 Å². The number of aliphatic carboxylic acids is 1. The Bertz CT molecular complexity index is 280. The van der Waals surface area contributed by atoms with E-state index in [1.54, 1.807) is 0 Å². The summed E-state index contributed by atoms with van der Waals surface area (Å²) >= 11 is 1.91. The topological polar surface area (TPSA) is 78.4 Å². The molecule has 1 fully saturated rings. The van der Waals surface area contributed by atoms with Crippen molar-refractivity contribution in [1.29, 1.82) is 0 Å². The fourth-order valence-corrected chi connectivity index (χ4v) is 3.15. The lowest BCUT2D eigenvalue weighted by molar-refractivity contribution is -0.137. The largest absolute Gasteiger partial charge is 0.481 e. The SMILES string of the molecule is CCCC(CC(=O)O)NC(=O)NC1CCSCC1. The zero-order valence-corrected chi connectivity index (χ0v) is 11.6. The van der Waals surface area contributed by atoms with Gasteiger partial charge in [0.15, 0.2) is 0 Å². The number of carbonyl (C=O) groups is 2. The zero-order chi connectivity index (χ0) is 13.4. The molecule has 104 valence electrons. The average Bonchev–Trinajstić information content (AvgIpc) is 2.29. The number of hydrogen-bond acceptors (Lipinski definition) is 3. The molecule has 0 saturated carbocycles. The van der Waals surface area contributed by atoms with Crippen molar-refractivity contribution in [3.05, 3.63) is 0 Å². The number of urea groups is 1. The number of thioether (sulfide) groups is 1. The highest BCUT2D eigenvalue weighted by atomic mass is 32.2. The quantitative estimate of drug-likeness (QED) is 0.690. The Labute approximate surface area is 112 Å². The molecule has 3 N–H and O–H groups in total. The van der Waals surface area contributed by atoms with E-state index in [-0.39, 0.29) is 24.5 Å². The number of amides is 2. The smallest absolute Gasteiger partial charge is 0.315 e. The molecule has 0 aromatic rings. The van der Waals surface area contributed by atoms with E-state index in [0.717, 1.165) is 30.8 Å². The highest BCUT2D eigenvalue weighted by Gasteiger charge is 2.19. The van der Waals surface area contributed by atoms with Crippen LogP contribution in [0.15, 0.2) is 0 Å². The van der Waals surface area contributed by atoms with Gasteiger partial charge in [-0.3, -0.25) is 4.79 Å². The minimum absolute atomic E-state index is 0.0121. The van der Waals surface area contributed by atoms with Gasteiger partial charge in [-0.2, -0.15) is 11.8 Å². The van der Waals surface area contributed by atoms with Gasteiger partial charge in [-0.05, 0) is 30.8 Å². The molecular formula is C12H22N2O3S. The Hall–Kier alpha value is -0.910. The zero-order valence-electron chi connectivity index (χ0n) is 10.8. The first-order valence-electron chi connectivity index (χ1n) is 6.48. The van der Waals surface area contributed by atoms with E-state index in [1.165, 1.54) is 0 Å². The Morgan fingerprint density at radius 3 is 2.61 bits per heavy atom. The van der Waals surface area contributed by atoms with Gasteiger partial charge in [-0.25, -0.2) is 4.79 Å². The van der Waals surface area contributed by atoms with Gasteiger partial charge in [0.05, 0.1) is 6.42 Å². The van der Waals surface area contributed by atoms with E-state index >= 15 is 0 Å². The monoisotopic (exact) mass is 274 g/mol. The van der Waals surface area contributed by atoms with Crippen molar-refractivity contribution in [2.24, 2.45) is 0 Å². The lowest BCUT2D eigenvalue weighted by Gasteiger charge is -2.24. The third kappa shape index (κ3) is 6.14. The van der Waals surface area contributed by atoms with Crippen LogP contribution in [0.4, 0.5) is 4.79 Å². The fourth-order valence-electron chi connectivity index (χ4n) is 2.04. The van der Waals surface area contributed by atoms with Gasteiger partial charge < -0.3 is 15.7 Å². The summed E-state index contributed by atoms with van der Waals surface area (Å²) in [6.45, 7) is 1.98. The summed E-state index contributed by atoms with van der Waals surface area (Å²) in [6, 6.07) is -0.268. The Morgan fingerprint density at radius 1 is 1.39 bits per heavy atom. The molecule has 1 aliphatic rings. The van der Waals surface area contributed by atoms with Crippen LogP contribution >= 0.6 is 11.8 Å². The fraction of sp³-hybridized carbons (Fsp3) is 0.833. The highest BCUT2D eigenvalue weighted by molar-refractivity contribution is 7.99. The Kier molecular flexibility index (Phi) is 6.93. The van der Waals surface area contributed by atoms with Crippen LogP contribution in [0.25, 0.3) is 0 Å². The number of carboxylic acids is 1. The molecule has 1 unspecified atom stereocenters. The molecule has 1 atom stereocenters. The van der Waals surface area contributed by atoms with Crippen LogP contribution < -0.4 is 10.6 Å². The third-order valence-corrected chi connectivity index (χ3v) is 4.00. The van der Waals surface area contributed by atoms with Gasteiger partial charge in [-0.1, -0.05) is 13.3 Å². The van der Waals surface area contributed by atoms with Crippen molar-refractivity contribution in [3.8, 4) is 0 Å². The summed E-state index contributed by atoms with van der Waals surface area (Å²) in [5, 5.41) is 14.5. The van der Waals surface area contributed by atoms with E-state index in [9.17, 15) is 9.59 Å². The Balaban J connectivity index is 2.32. The first kappa shape index (κ1) is 15.1. The average molecular weight is 274 g/mol. The van der Waals surface area contributed by atoms with Crippen LogP contribution in [0.5, 0.6) is 0 Å². The number of hydrogen-bond donors (Lipinski definition) is 3. The van der Waals surface area contributed by atoms with Gasteiger partial charge in [0, 0.05) is 12.1 Å². The number of carboxylic acid groups (broad SMARTS) is 1. The molecule has 1 saturated heterocycles. The highest BCUT2D eigenvalue weighted by Crippen LogP contribution is 2.16. The number of nitrogens with one attached hydrogen (secondary N) is 2. The molecule has 1 rings (SSSR count). The van der Waals surface area contributed by atoms with Crippen molar-refractivity contribution in [3.63, 3.8) is 0 Å². The van der Waals surface area contributed by atoms with E-state index in [0.29, 0.717) is 6.42 Å². The first-order valence-corrected chi connectivity index (χ1v) is 7.63. The summed E-state index contributed by atoms with van der Waals surface area (Å²) in [5.74, 6) is 1.29. The van der Waals surface area contributed by atoms with Crippen LogP contribution in [-0.2, 0) is 4.79 Å². The predicted octanol–water partition coefficient (Wildman–Crippen LogP) is 1.82. The Morgan fingerprint density at radius 2 is 2.06 bits per heavy atom. The summed E-state index contributed by atoms with van der Waals surface area (Å²) in [5.41, 5.74) is 0. The normalized spacial score (nSPS) is 18.1. The molecule has 0 spiro atoms. The molecule has 0 aromatic heterocycles. The van der Waals surface area contributed by atoms with Gasteiger partial charge in [0.25, 0.3) is 0 Å². The van der Waals surface area contributed by atoms with Crippen molar-refractivity contribution >= 4 is 23.8 Å². The third-order valence-electron chi connectivity index (χ3n) is 2.95. The lowest BCUT2D eigenvalue weighted by atomic mass is 10.1. The van der Waals surface area contributed by atoms with Gasteiger partial charge in [-0.15, -0.1) is 0 Å². The predicted molar refractivity (Wildman–Crippen MR) is 73.0 cm³/mol. The van der Waals surface area contributed by atoms with Crippen LogP contribution in [-0.4, -0.2) is 40.7 Å². The second-order valence-corrected chi connectivity index (χ2v) is 5.81. The molecule has 1 heterocycles. The van der Waals surface area contributed by atoms with Crippen LogP contribution in [0.2, 0.25) is 0 Å².